The van der Waals surface area contributed by atoms with Gasteiger partial charge >= 0.3 is 0 Å². The number of amides is 1. The molecule has 11 heteroatoms. The molecule has 1 aliphatic rings. The first-order chi connectivity index (χ1) is 13.9. The van der Waals surface area contributed by atoms with E-state index in [1.54, 1.807) is 7.11 Å². The standard InChI is InChI=1S/C19H30N4O5S.HI/c1-4-20-19(23-14-6-7-16(28-5-2)17(12-14)27-3)21-10-8-18(24)22-15-9-11-29(25,26)13-15;/h6-7,12,15H,4-5,8-11,13H2,1-3H3,(H,22,24)(H2,20,21,23);1H. The number of anilines is 1. The van der Waals surface area contributed by atoms with Crippen LogP contribution >= 0.6 is 24.0 Å². The molecule has 0 aliphatic carbocycles. The summed E-state index contributed by atoms with van der Waals surface area (Å²) in [4.78, 5) is 16.5. The van der Waals surface area contributed by atoms with Gasteiger partial charge in [0.05, 0.1) is 31.8 Å². The van der Waals surface area contributed by atoms with Crippen molar-refractivity contribution in [3.63, 3.8) is 0 Å². The lowest BCUT2D eigenvalue weighted by Crippen LogP contribution is -2.36. The molecule has 0 radical (unpaired) electrons. The van der Waals surface area contributed by atoms with Crippen molar-refractivity contribution < 1.29 is 22.7 Å². The average Bonchev–Trinajstić information content (AvgIpc) is 3.01. The number of guanidine groups is 1. The van der Waals surface area contributed by atoms with Gasteiger partial charge in [-0.25, -0.2) is 8.42 Å². The van der Waals surface area contributed by atoms with Crippen molar-refractivity contribution in [3.8, 4) is 11.5 Å². The lowest BCUT2D eigenvalue weighted by atomic mass is 10.2. The lowest BCUT2D eigenvalue weighted by molar-refractivity contribution is -0.121. The van der Waals surface area contributed by atoms with Crippen molar-refractivity contribution in [2.75, 3.05) is 43.6 Å². The van der Waals surface area contributed by atoms with Gasteiger partial charge in [-0.2, -0.15) is 0 Å². The number of carbonyl (C=O) groups is 1. The number of rotatable bonds is 9. The Balaban J connectivity index is 0.00000450. The molecule has 0 aromatic heterocycles. The summed E-state index contributed by atoms with van der Waals surface area (Å²) >= 11 is 0. The van der Waals surface area contributed by atoms with Gasteiger partial charge in [0.1, 0.15) is 0 Å². The van der Waals surface area contributed by atoms with E-state index < -0.39 is 9.84 Å². The van der Waals surface area contributed by atoms with Crippen LogP contribution < -0.4 is 25.4 Å². The van der Waals surface area contributed by atoms with Crippen LogP contribution in [0.4, 0.5) is 5.69 Å². The fraction of sp³-hybridized carbons (Fsp3) is 0.579. The fourth-order valence-electron chi connectivity index (χ4n) is 2.94. The summed E-state index contributed by atoms with van der Waals surface area (Å²) in [6, 6.07) is 5.19. The molecule has 1 fully saturated rings. The first-order valence-electron chi connectivity index (χ1n) is 9.72. The van der Waals surface area contributed by atoms with Gasteiger partial charge in [-0.15, -0.1) is 24.0 Å². The molecule has 1 amide bonds. The number of nitrogens with one attached hydrogen (secondary N) is 3. The predicted octanol–water partition coefficient (Wildman–Crippen LogP) is 1.78. The lowest BCUT2D eigenvalue weighted by Gasteiger charge is -2.14. The van der Waals surface area contributed by atoms with Crippen LogP contribution in [0.3, 0.4) is 0 Å². The fourth-order valence-corrected chi connectivity index (χ4v) is 4.62. The maximum Gasteiger partial charge on any atom is 0.222 e. The Morgan fingerprint density at radius 1 is 1.27 bits per heavy atom. The van der Waals surface area contributed by atoms with Crippen molar-refractivity contribution in [1.82, 2.24) is 10.6 Å². The highest BCUT2D eigenvalue weighted by atomic mass is 127. The van der Waals surface area contributed by atoms with E-state index in [1.165, 1.54) is 0 Å². The zero-order valence-corrected chi connectivity index (χ0v) is 20.7. The molecule has 170 valence electrons. The summed E-state index contributed by atoms with van der Waals surface area (Å²) in [6.45, 7) is 5.33. The molecular formula is C19H31IN4O5S. The Morgan fingerprint density at radius 3 is 2.63 bits per heavy atom. The molecule has 9 nitrogen and oxygen atoms in total. The van der Waals surface area contributed by atoms with E-state index >= 15 is 0 Å². The van der Waals surface area contributed by atoms with Crippen molar-refractivity contribution in [1.29, 1.82) is 0 Å². The second-order valence-electron chi connectivity index (χ2n) is 6.60. The van der Waals surface area contributed by atoms with E-state index in [9.17, 15) is 13.2 Å². The van der Waals surface area contributed by atoms with Crippen LogP contribution in [-0.4, -0.2) is 64.6 Å². The average molecular weight is 554 g/mol. The largest absolute Gasteiger partial charge is 0.493 e. The SMILES string of the molecule is CCNC(=NCCC(=O)NC1CCS(=O)(=O)C1)Nc1ccc(OCC)c(OC)c1.I. The molecule has 1 unspecified atom stereocenters. The second kappa shape index (κ2) is 12.8. The van der Waals surface area contributed by atoms with E-state index in [-0.39, 0.29) is 60.4 Å². The minimum atomic E-state index is -3.01. The van der Waals surface area contributed by atoms with Crippen molar-refractivity contribution in [2.24, 2.45) is 4.99 Å². The zero-order chi connectivity index (χ0) is 21.3. The quantitative estimate of drug-likeness (QED) is 0.242. The molecule has 1 aromatic carbocycles. The Kier molecular flexibility index (Phi) is 11.2. The zero-order valence-electron chi connectivity index (χ0n) is 17.6. The molecule has 1 heterocycles. The first kappa shape index (κ1) is 26.3. The number of hydrogen-bond donors (Lipinski definition) is 3. The Labute approximate surface area is 195 Å². The minimum absolute atomic E-state index is 0. The third kappa shape index (κ3) is 8.54. The summed E-state index contributed by atoms with van der Waals surface area (Å²) in [5.74, 6) is 1.76. The molecule has 1 aliphatic heterocycles. The Bertz CT molecular complexity index is 832. The van der Waals surface area contributed by atoms with Gasteiger partial charge in [0.15, 0.2) is 27.3 Å². The molecule has 1 saturated heterocycles. The Hall–Kier alpha value is -1.76. The van der Waals surface area contributed by atoms with Gasteiger partial charge < -0.3 is 25.4 Å². The van der Waals surface area contributed by atoms with Gasteiger partial charge in [-0.05, 0) is 32.4 Å². The molecule has 0 bridgehead atoms. The summed E-state index contributed by atoms with van der Waals surface area (Å²) in [5, 5.41) is 9.06. The van der Waals surface area contributed by atoms with Gasteiger partial charge in [-0.1, -0.05) is 0 Å². The highest BCUT2D eigenvalue weighted by Crippen LogP contribution is 2.30. The number of halogens is 1. The number of aliphatic imine (C=N–C) groups is 1. The highest BCUT2D eigenvalue weighted by Gasteiger charge is 2.28. The van der Waals surface area contributed by atoms with E-state index in [2.05, 4.69) is 20.9 Å². The summed E-state index contributed by atoms with van der Waals surface area (Å²) in [6.07, 6.45) is 0.654. The van der Waals surface area contributed by atoms with Gasteiger partial charge in [0, 0.05) is 30.8 Å². The van der Waals surface area contributed by atoms with Crippen LogP contribution in [0.25, 0.3) is 0 Å². The maximum absolute atomic E-state index is 12.0. The van der Waals surface area contributed by atoms with Crippen LogP contribution in [0.1, 0.15) is 26.7 Å². The maximum atomic E-state index is 12.0. The second-order valence-corrected chi connectivity index (χ2v) is 8.83. The molecule has 30 heavy (non-hydrogen) atoms. The molecule has 0 spiro atoms. The topological polar surface area (TPSA) is 118 Å². The smallest absolute Gasteiger partial charge is 0.222 e. The number of benzene rings is 1. The molecular weight excluding hydrogens is 523 g/mol. The number of carbonyl (C=O) groups excluding carboxylic acids is 1. The van der Waals surface area contributed by atoms with Crippen molar-refractivity contribution >= 4 is 51.4 Å². The molecule has 1 aromatic rings. The van der Waals surface area contributed by atoms with Crippen LogP contribution in [0.2, 0.25) is 0 Å². The summed E-state index contributed by atoms with van der Waals surface area (Å²) < 4.78 is 33.8. The molecule has 1 atom stereocenters. The van der Waals surface area contributed by atoms with Crippen molar-refractivity contribution in [3.05, 3.63) is 18.2 Å². The number of sulfone groups is 1. The number of hydrogen-bond acceptors (Lipinski definition) is 6. The highest BCUT2D eigenvalue weighted by molar-refractivity contribution is 14.0. The van der Waals surface area contributed by atoms with Crippen LogP contribution in [0, 0.1) is 0 Å². The summed E-state index contributed by atoms with van der Waals surface area (Å²) in [7, 11) is -1.43. The number of methoxy groups -OCH3 is 1. The van der Waals surface area contributed by atoms with Gasteiger partial charge in [0.2, 0.25) is 5.91 Å². The predicted molar refractivity (Wildman–Crippen MR) is 129 cm³/mol. The van der Waals surface area contributed by atoms with Crippen molar-refractivity contribution in [2.45, 2.75) is 32.7 Å². The van der Waals surface area contributed by atoms with Crippen LogP contribution in [-0.2, 0) is 14.6 Å². The first-order valence-corrected chi connectivity index (χ1v) is 11.5. The van der Waals surface area contributed by atoms with E-state index in [0.29, 0.717) is 37.0 Å². The third-order valence-corrected chi connectivity index (χ3v) is 6.04. The summed E-state index contributed by atoms with van der Waals surface area (Å²) in [5.41, 5.74) is 0.769. The number of nitrogens with zero attached hydrogens (tertiary/aromatic N) is 1. The minimum Gasteiger partial charge on any atom is -0.493 e. The van der Waals surface area contributed by atoms with E-state index in [0.717, 1.165) is 5.69 Å². The van der Waals surface area contributed by atoms with E-state index in [4.69, 9.17) is 9.47 Å². The normalized spacial score (nSPS) is 17.6. The third-order valence-electron chi connectivity index (χ3n) is 4.28. The van der Waals surface area contributed by atoms with Gasteiger partial charge in [-0.3, -0.25) is 9.79 Å². The molecule has 0 saturated carbocycles. The van der Waals surface area contributed by atoms with Gasteiger partial charge in [0.25, 0.3) is 0 Å². The van der Waals surface area contributed by atoms with E-state index in [1.807, 2.05) is 32.0 Å². The Morgan fingerprint density at radius 2 is 2.03 bits per heavy atom. The van der Waals surface area contributed by atoms with Crippen LogP contribution in [0.15, 0.2) is 23.2 Å². The molecule has 3 N–H and O–H groups in total. The number of ether oxygens (including phenoxy) is 2. The monoisotopic (exact) mass is 554 g/mol. The van der Waals surface area contributed by atoms with Crippen LogP contribution in [0.5, 0.6) is 11.5 Å². The molecule has 2 rings (SSSR count).